The SMILES string of the molecule is O=C(c1ccc(-c2ccccc2)cc1)N1CCC2CCC(C1)N2. The van der Waals surface area contributed by atoms with Crippen LogP contribution >= 0.6 is 0 Å². The zero-order valence-corrected chi connectivity index (χ0v) is 13.2. The Bertz CT molecular complexity index is 681. The first kappa shape index (κ1) is 14.5. The van der Waals surface area contributed by atoms with Gasteiger partial charge in [-0.1, -0.05) is 42.5 Å². The Balaban J connectivity index is 1.50. The highest BCUT2D eigenvalue weighted by Gasteiger charge is 2.31. The van der Waals surface area contributed by atoms with E-state index in [0.717, 1.165) is 30.6 Å². The second kappa shape index (κ2) is 6.17. The molecular weight excluding hydrogens is 284 g/mol. The van der Waals surface area contributed by atoms with Gasteiger partial charge in [-0.25, -0.2) is 0 Å². The van der Waals surface area contributed by atoms with E-state index in [1.165, 1.54) is 18.4 Å². The molecule has 2 heterocycles. The van der Waals surface area contributed by atoms with E-state index in [4.69, 9.17) is 0 Å². The van der Waals surface area contributed by atoms with Gasteiger partial charge in [0, 0.05) is 30.7 Å². The molecule has 2 aliphatic rings. The fourth-order valence-corrected chi connectivity index (χ4v) is 3.75. The Morgan fingerprint density at radius 3 is 2.35 bits per heavy atom. The van der Waals surface area contributed by atoms with Crippen molar-refractivity contribution in [2.24, 2.45) is 0 Å². The summed E-state index contributed by atoms with van der Waals surface area (Å²) in [4.78, 5) is 14.8. The van der Waals surface area contributed by atoms with Crippen LogP contribution in [0.15, 0.2) is 54.6 Å². The molecule has 23 heavy (non-hydrogen) atoms. The number of likely N-dealkylation sites (tertiary alicyclic amines) is 1. The summed E-state index contributed by atoms with van der Waals surface area (Å²) in [5.41, 5.74) is 3.13. The number of nitrogens with zero attached hydrogens (tertiary/aromatic N) is 1. The van der Waals surface area contributed by atoms with Crippen LogP contribution in [-0.4, -0.2) is 36.0 Å². The second-order valence-electron chi connectivity index (χ2n) is 6.62. The third kappa shape index (κ3) is 3.02. The van der Waals surface area contributed by atoms with E-state index < -0.39 is 0 Å². The molecule has 2 aliphatic heterocycles. The maximum Gasteiger partial charge on any atom is 0.253 e. The van der Waals surface area contributed by atoms with Crippen LogP contribution in [-0.2, 0) is 0 Å². The Kier molecular flexibility index (Phi) is 3.88. The molecule has 2 saturated heterocycles. The van der Waals surface area contributed by atoms with Crippen molar-refractivity contribution < 1.29 is 4.79 Å². The maximum atomic E-state index is 12.8. The number of rotatable bonds is 2. The van der Waals surface area contributed by atoms with Crippen LogP contribution in [0.5, 0.6) is 0 Å². The first-order chi connectivity index (χ1) is 11.3. The van der Waals surface area contributed by atoms with Gasteiger partial charge in [0.25, 0.3) is 5.91 Å². The van der Waals surface area contributed by atoms with Crippen molar-refractivity contribution in [3.8, 4) is 11.1 Å². The zero-order chi connectivity index (χ0) is 15.6. The molecule has 0 saturated carbocycles. The van der Waals surface area contributed by atoms with Crippen molar-refractivity contribution in [1.82, 2.24) is 10.2 Å². The van der Waals surface area contributed by atoms with E-state index in [0.29, 0.717) is 12.1 Å². The molecule has 2 atom stereocenters. The number of nitrogens with one attached hydrogen (secondary N) is 1. The minimum absolute atomic E-state index is 0.166. The molecule has 2 unspecified atom stereocenters. The summed E-state index contributed by atoms with van der Waals surface area (Å²) in [6.07, 6.45) is 3.53. The van der Waals surface area contributed by atoms with Gasteiger partial charge in [0.2, 0.25) is 0 Å². The third-order valence-corrected chi connectivity index (χ3v) is 5.05. The van der Waals surface area contributed by atoms with Gasteiger partial charge >= 0.3 is 0 Å². The van der Waals surface area contributed by atoms with Crippen LogP contribution in [0.2, 0.25) is 0 Å². The highest BCUT2D eigenvalue weighted by atomic mass is 16.2. The number of fused-ring (bicyclic) bond motifs is 2. The molecule has 2 aromatic rings. The summed E-state index contributed by atoms with van der Waals surface area (Å²) in [6.45, 7) is 1.71. The molecule has 1 N–H and O–H groups in total. The summed E-state index contributed by atoms with van der Waals surface area (Å²) in [5, 5.41) is 3.63. The van der Waals surface area contributed by atoms with Crippen molar-refractivity contribution >= 4 is 5.91 Å². The maximum absolute atomic E-state index is 12.8. The fourth-order valence-electron chi connectivity index (χ4n) is 3.75. The molecule has 2 fully saturated rings. The van der Waals surface area contributed by atoms with Gasteiger partial charge < -0.3 is 10.2 Å². The largest absolute Gasteiger partial charge is 0.337 e. The van der Waals surface area contributed by atoms with E-state index in [-0.39, 0.29) is 5.91 Å². The number of hydrogen-bond acceptors (Lipinski definition) is 2. The topological polar surface area (TPSA) is 32.3 Å². The first-order valence-corrected chi connectivity index (χ1v) is 8.50. The Hall–Kier alpha value is -2.13. The molecule has 4 rings (SSSR count). The highest BCUT2D eigenvalue weighted by molar-refractivity contribution is 5.94. The fraction of sp³-hybridized carbons (Fsp3) is 0.350. The molecule has 0 radical (unpaired) electrons. The van der Waals surface area contributed by atoms with Crippen LogP contribution in [0.4, 0.5) is 0 Å². The standard InChI is InChI=1S/C20H22N2O/c23-20(22-13-12-18-10-11-19(14-22)21-18)17-8-6-16(7-9-17)15-4-2-1-3-5-15/h1-9,18-19,21H,10-14H2. The lowest BCUT2D eigenvalue weighted by atomic mass is 10.0. The van der Waals surface area contributed by atoms with Crippen LogP contribution in [0.1, 0.15) is 29.6 Å². The second-order valence-corrected chi connectivity index (χ2v) is 6.62. The quantitative estimate of drug-likeness (QED) is 0.923. The molecule has 1 amide bonds. The molecular formula is C20H22N2O. The predicted octanol–water partition coefficient (Wildman–Crippen LogP) is 3.32. The van der Waals surface area contributed by atoms with Gasteiger partial charge in [0.05, 0.1) is 0 Å². The van der Waals surface area contributed by atoms with Crippen LogP contribution in [0.3, 0.4) is 0 Å². The molecule has 3 heteroatoms. The van der Waals surface area contributed by atoms with E-state index in [9.17, 15) is 4.79 Å². The summed E-state index contributed by atoms with van der Waals surface area (Å²) in [7, 11) is 0. The Morgan fingerprint density at radius 2 is 1.57 bits per heavy atom. The molecule has 0 aliphatic carbocycles. The van der Waals surface area contributed by atoms with Gasteiger partial charge in [-0.05, 0) is 42.5 Å². The lowest BCUT2D eigenvalue weighted by molar-refractivity contribution is 0.0748. The molecule has 118 valence electrons. The summed E-state index contributed by atoms with van der Waals surface area (Å²) < 4.78 is 0. The van der Waals surface area contributed by atoms with Crippen molar-refractivity contribution in [3.63, 3.8) is 0 Å². The predicted molar refractivity (Wildman–Crippen MR) is 92.3 cm³/mol. The summed E-state index contributed by atoms with van der Waals surface area (Å²) in [5.74, 6) is 0.166. The molecule has 0 aromatic heterocycles. The van der Waals surface area contributed by atoms with Crippen LogP contribution < -0.4 is 5.32 Å². The monoisotopic (exact) mass is 306 g/mol. The molecule has 0 spiro atoms. The van der Waals surface area contributed by atoms with Crippen molar-refractivity contribution in [3.05, 3.63) is 60.2 Å². The van der Waals surface area contributed by atoms with Crippen molar-refractivity contribution in [1.29, 1.82) is 0 Å². The average molecular weight is 306 g/mol. The Morgan fingerprint density at radius 1 is 0.870 bits per heavy atom. The highest BCUT2D eigenvalue weighted by Crippen LogP contribution is 2.23. The zero-order valence-electron chi connectivity index (χ0n) is 13.2. The van der Waals surface area contributed by atoms with E-state index in [1.807, 2.05) is 47.4 Å². The normalized spacial score (nSPS) is 23.6. The van der Waals surface area contributed by atoms with Crippen LogP contribution in [0.25, 0.3) is 11.1 Å². The first-order valence-electron chi connectivity index (χ1n) is 8.50. The molecule has 2 aromatic carbocycles. The van der Waals surface area contributed by atoms with Crippen LogP contribution in [0, 0.1) is 0 Å². The van der Waals surface area contributed by atoms with Crippen molar-refractivity contribution in [2.45, 2.75) is 31.3 Å². The van der Waals surface area contributed by atoms with Gasteiger partial charge in [0.1, 0.15) is 0 Å². The van der Waals surface area contributed by atoms with Gasteiger partial charge in [-0.15, -0.1) is 0 Å². The Labute approximate surface area is 137 Å². The van der Waals surface area contributed by atoms with Gasteiger partial charge in [-0.2, -0.15) is 0 Å². The molecule has 3 nitrogen and oxygen atoms in total. The number of hydrogen-bond donors (Lipinski definition) is 1. The van der Waals surface area contributed by atoms with E-state index in [2.05, 4.69) is 17.4 Å². The molecule has 2 bridgehead atoms. The van der Waals surface area contributed by atoms with E-state index >= 15 is 0 Å². The number of carbonyl (C=O) groups is 1. The lowest BCUT2D eigenvalue weighted by Gasteiger charge is -2.24. The average Bonchev–Trinajstić information content (AvgIpc) is 2.94. The lowest BCUT2D eigenvalue weighted by Crippen LogP contribution is -2.39. The third-order valence-electron chi connectivity index (χ3n) is 5.05. The van der Waals surface area contributed by atoms with Gasteiger partial charge in [-0.3, -0.25) is 4.79 Å². The summed E-state index contributed by atoms with van der Waals surface area (Å²) in [6, 6.07) is 19.4. The van der Waals surface area contributed by atoms with Gasteiger partial charge in [0.15, 0.2) is 0 Å². The summed E-state index contributed by atoms with van der Waals surface area (Å²) >= 11 is 0. The number of carbonyl (C=O) groups excluding carboxylic acids is 1. The minimum Gasteiger partial charge on any atom is -0.337 e. The minimum atomic E-state index is 0.166. The number of benzene rings is 2. The number of amides is 1. The van der Waals surface area contributed by atoms with Crippen molar-refractivity contribution in [2.75, 3.05) is 13.1 Å². The van der Waals surface area contributed by atoms with E-state index in [1.54, 1.807) is 0 Å². The smallest absolute Gasteiger partial charge is 0.253 e.